The molecule has 2 saturated heterocycles. The zero-order valence-electron chi connectivity index (χ0n) is 15.3. The van der Waals surface area contributed by atoms with Gasteiger partial charge in [-0.3, -0.25) is 4.79 Å². The van der Waals surface area contributed by atoms with Crippen LogP contribution in [0.2, 0.25) is 0 Å². The molecule has 0 spiro atoms. The molecule has 5 rings (SSSR count). The number of anilines is 1. The Balaban J connectivity index is 1.70. The third-order valence-electron chi connectivity index (χ3n) is 6.30. The normalized spacial score (nSPS) is 24.5. The van der Waals surface area contributed by atoms with Gasteiger partial charge in [-0.05, 0) is 44.2 Å². The molecule has 3 heterocycles. The van der Waals surface area contributed by atoms with Gasteiger partial charge >= 0.3 is 5.97 Å². The van der Waals surface area contributed by atoms with Gasteiger partial charge in [0.05, 0.1) is 10.9 Å². The third kappa shape index (κ3) is 2.58. The fraction of sp³-hybridized carbons (Fsp3) is 0.500. The first-order chi connectivity index (χ1) is 13.5. The summed E-state index contributed by atoms with van der Waals surface area (Å²) in [7, 11) is 0. The summed E-state index contributed by atoms with van der Waals surface area (Å²) in [6.07, 6.45) is 5.11. The molecule has 2 atom stereocenters. The number of carboxylic acid groups (broad SMARTS) is 1. The third-order valence-corrected chi connectivity index (χ3v) is 6.30. The zero-order valence-corrected chi connectivity index (χ0v) is 15.3. The predicted octanol–water partition coefficient (Wildman–Crippen LogP) is 2.07. The highest BCUT2D eigenvalue weighted by Crippen LogP contribution is 2.44. The van der Waals surface area contributed by atoms with Gasteiger partial charge in [0, 0.05) is 31.4 Å². The molecule has 3 aliphatic rings. The molecule has 3 fully saturated rings. The van der Waals surface area contributed by atoms with Crippen molar-refractivity contribution in [2.75, 3.05) is 24.5 Å². The molecule has 0 bridgehead atoms. The lowest BCUT2D eigenvalue weighted by molar-refractivity contribution is 0.0694. The van der Waals surface area contributed by atoms with Crippen LogP contribution in [0.4, 0.5) is 10.1 Å². The quantitative estimate of drug-likeness (QED) is 0.746. The van der Waals surface area contributed by atoms with Crippen molar-refractivity contribution in [3.8, 4) is 5.75 Å². The molecule has 148 valence electrons. The lowest BCUT2D eigenvalue weighted by atomic mass is 9.94. The Bertz CT molecular complexity index is 1030. The Morgan fingerprint density at radius 2 is 2.04 bits per heavy atom. The monoisotopic (exact) mass is 387 g/mol. The molecule has 3 N–H and O–H groups in total. The van der Waals surface area contributed by atoms with Gasteiger partial charge in [0.15, 0.2) is 11.6 Å². The highest BCUT2D eigenvalue weighted by Gasteiger charge is 2.37. The number of aromatic hydroxyl groups is 1. The number of carbonyl (C=O) groups is 1. The summed E-state index contributed by atoms with van der Waals surface area (Å²) in [5.74, 6) is -1.90. The Morgan fingerprint density at radius 1 is 1.25 bits per heavy atom. The second-order valence-electron chi connectivity index (χ2n) is 8.14. The molecule has 2 aliphatic heterocycles. The molecule has 0 amide bonds. The number of benzene rings is 1. The zero-order chi connectivity index (χ0) is 19.6. The highest BCUT2D eigenvalue weighted by atomic mass is 19.1. The minimum absolute atomic E-state index is 0.0215. The van der Waals surface area contributed by atoms with Gasteiger partial charge in [0.25, 0.3) is 0 Å². The smallest absolute Gasteiger partial charge is 0.341 e. The van der Waals surface area contributed by atoms with E-state index in [1.54, 1.807) is 4.57 Å². The van der Waals surface area contributed by atoms with Gasteiger partial charge in [-0.1, -0.05) is 0 Å². The Hall–Kier alpha value is -2.61. The predicted molar refractivity (Wildman–Crippen MR) is 102 cm³/mol. The molecule has 1 aromatic heterocycles. The molecule has 1 saturated carbocycles. The van der Waals surface area contributed by atoms with E-state index in [-0.39, 0.29) is 34.4 Å². The van der Waals surface area contributed by atoms with Crippen molar-refractivity contribution in [1.82, 2.24) is 9.88 Å². The Kier molecular flexibility index (Phi) is 3.87. The molecular formula is C20H22FN3O4. The Morgan fingerprint density at radius 3 is 2.71 bits per heavy atom. The van der Waals surface area contributed by atoms with E-state index in [1.807, 2.05) is 4.90 Å². The van der Waals surface area contributed by atoms with Gasteiger partial charge in [-0.15, -0.1) is 0 Å². The average molecular weight is 387 g/mol. The van der Waals surface area contributed by atoms with Crippen LogP contribution in [0, 0.1) is 11.7 Å². The van der Waals surface area contributed by atoms with Crippen molar-refractivity contribution in [2.45, 2.75) is 37.8 Å². The summed E-state index contributed by atoms with van der Waals surface area (Å²) in [5, 5.41) is 23.8. The minimum Gasteiger partial charge on any atom is -0.504 e. The number of aromatic nitrogens is 1. The first kappa shape index (κ1) is 17.5. The topological polar surface area (TPSA) is 94.8 Å². The lowest BCUT2D eigenvalue weighted by Gasteiger charge is -2.24. The van der Waals surface area contributed by atoms with Crippen LogP contribution in [0.1, 0.15) is 42.1 Å². The summed E-state index contributed by atoms with van der Waals surface area (Å²) in [5.41, 5.74) is -0.823. The van der Waals surface area contributed by atoms with Crippen molar-refractivity contribution in [2.24, 2.45) is 5.92 Å². The SMILES string of the molecule is O=C(O)c1cn(C2CC2)c2c(O)c(N3C[C@H]4CCCN[C@@H]4C3)c(F)cc2c1=O. The average Bonchev–Trinajstić information content (AvgIpc) is 3.41. The van der Waals surface area contributed by atoms with Gasteiger partial charge < -0.3 is 25.0 Å². The van der Waals surface area contributed by atoms with E-state index in [9.17, 15) is 19.8 Å². The van der Waals surface area contributed by atoms with Crippen LogP contribution in [-0.2, 0) is 0 Å². The van der Waals surface area contributed by atoms with Crippen LogP contribution in [0.15, 0.2) is 17.1 Å². The maximum absolute atomic E-state index is 15.1. The molecule has 0 radical (unpaired) electrons. The summed E-state index contributed by atoms with van der Waals surface area (Å²) >= 11 is 0. The number of phenolic OH excluding ortho intramolecular Hbond substituents is 1. The van der Waals surface area contributed by atoms with Crippen molar-refractivity contribution in [3.05, 3.63) is 33.9 Å². The number of hydrogen-bond donors (Lipinski definition) is 3. The molecule has 1 aliphatic carbocycles. The van der Waals surface area contributed by atoms with Crippen LogP contribution in [0.3, 0.4) is 0 Å². The Labute approximate surface area is 160 Å². The van der Waals surface area contributed by atoms with E-state index < -0.39 is 22.8 Å². The molecule has 2 aromatic rings. The van der Waals surface area contributed by atoms with Crippen LogP contribution in [0.25, 0.3) is 10.9 Å². The number of aromatic carboxylic acids is 1. The molecular weight excluding hydrogens is 365 g/mol. The molecule has 7 nitrogen and oxygen atoms in total. The fourth-order valence-electron chi connectivity index (χ4n) is 4.78. The van der Waals surface area contributed by atoms with Crippen molar-refractivity contribution in [1.29, 1.82) is 0 Å². The lowest BCUT2D eigenvalue weighted by Crippen LogP contribution is -2.40. The first-order valence-electron chi connectivity index (χ1n) is 9.77. The minimum atomic E-state index is -1.35. The number of carboxylic acids is 1. The van der Waals surface area contributed by atoms with Crippen LogP contribution in [-0.4, -0.2) is 46.4 Å². The number of phenols is 1. The second-order valence-corrected chi connectivity index (χ2v) is 8.14. The number of pyridine rings is 1. The van der Waals surface area contributed by atoms with E-state index >= 15 is 4.39 Å². The summed E-state index contributed by atoms with van der Waals surface area (Å²) < 4.78 is 16.7. The molecule has 1 aromatic carbocycles. The largest absolute Gasteiger partial charge is 0.504 e. The number of rotatable bonds is 3. The van der Waals surface area contributed by atoms with Crippen LogP contribution in [0.5, 0.6) is 5.75 Å². The van der Waals surface area contributed by atoms with E-state index in [4.69, 9.17) is 0 Å². The van der Waals surface area contributed by atoms with Gasteiger partial charge in [0.2, 0.25) is 5.43 Å². The fourth-order valence-corrected chi connectivity index (χ4v) is 4.78. The second kappa shape index (κ2) is 6.20. The van der Waals surface area contributed by atoms with Crippen LogP contribution >= 0.6 is 0 Å². The van der Waals surface area contributed by atoms with Crippen molar-refractivity contribution >= 4 is 22.6 Å². The molecule has 8 heteroatoms. The summed E-state index contributed by atoms with van der Waals surface area (Å²) in [6, 6.07) is 1.38. The number of nitrogens with zero attached hydrogens (tertiary/aromatic N) is 2. The maximum atomic E-state index is 15.1. The molecule has 28 heavy (non-hydrogen) atoms. The van der Waals surface area contributed by atoms with Crippen molar-refractivity contribution < 1.29 is 19.4 Å². The summed E-state index contributed by atoms with van der Waals surface area (Å²) in [4.78, 5) is 25.9. The maximum Gasteiger partial charge on any atom is 0.341 e. The standard InChI is InChI=1S/C20H22FN3O4/c21-14-6-12-16(24(11-3-4-11)8-13(18(12)25)20(27)28)19(26)17(14)23-7-10-2-1-5-22-15(10)9-23/h6,8,10-11,15,22,26H,1-5,7,9H2,(H,27,28)/t10-,15-/m1/s1. The van der Waals surface area contributed by atoms with Crippen molar-refractivity contribution in [3.63, 3.8) is 0 Å². The van der Waals surface area contributed by atoms with Gasteiger partial charge in [0.1, 0.15) is 11.3 Å². The number of nitrogens with one attached hydrogen (secondary N) is 1. The number of hydrogen-bond acceptors (Lipinski definition) is 5. The van der Waals surface area contributed by atoms with E-state index in [0.29, 0.717) is 19.0 Å². The number of halogens is 1. The van der Waals surface area contributed by atoms with E-state index in [0.717, 1.165) is 38.3 Å². The van der Waals surface area contributed by atoms with Crippen LogP contribution < -0.4 is 15.6 Å². The number of fused-ring (bicyclic) bond motifs is 2. The van der Waals surface area contributed by atoms with Gasteiger partial charge in [-0.2, -0.15) is 0 Å². The van der Waals surface area contributed by atoms with E-state index in [1.165, 1.54) is 6.20 Å². The van der Waals surface area contributed by atoms with E-state index in [2.05, 4.69) is 5.32 Å². The van der Waals surface area contributed by atoms with Gasteiger partial charge in [-0.25, -0.2) is 9.18 Å². The highest BCUT2D eigenvalue weighted by molar-refractivity contribution is 5.97. The first-order valence-corrected chi connectivity index (χ1v) is 9.77. The molecule has 0 unspecified atom stereocenters. The number of piperidine rings is 1. The summed E-state index contributed by atoms with van der Waals surface area (Å²) in [6.45, 7) is 2.19.